The number of aromatic nitrogens is 5. The number of nitrogens with zero attached hydrogens (tertiary/aromatic N) is 6. The summed E-state index contributed by atoms with van der Waals surface area (Å²) in [5.41, 5.74) is 2.46. The highest BCUT2D eigenvalue weighted by Crippen LogP contribution is 2.29. The summed E-state index contributed by atoms with van der Waals surface area (Å²) in [6.45, 7) is 4.32. The van der Waals surface area contributed by atoms with Crippen molar-refractivity contribution in [2.45, 2.75) is 45.6 Å². The minimum atomic E-state index is 0.199. The quantitative estimate of drug-likeness (QED) is 0.463. The molecule has 1 aliphatic heterocycles. The van der Waals surface area contributed by atoms with Gasteiger partial charge in [0.05, 0.1) is 16.9 Å². The van der Waals surface area contributed by atoms with Crippen LogP contribution in [0.1, 0.15) is 37.0 Å². The molecule has 0 aliphatic carbocycles. The van der Waals surface area contributed by atoms with Gasteiger partial charge < -0.3 is 9.42 Å². The summed E-state index contributed by atoms with van der Waals surface area (Å²) in [4.78, 5) is 21.2. The first kappa shape index (κ1) is 19.9. The average molecular weight is 437 g/mol. The maximum Gasteiger partial charge on any atom is 0.268 e. The van der Waals surface area contributed by atoms with Crippen LogP contribution in [0.3, 0.4) is 0 Å². The summed E-state index contributed by atoms with van der Waals surface area (Å²) in [6.07, 6.45) is 5.08. The van der Waals surface area contributed by atoms with Gasteiger partial charge in [0.1, 0.15) is 5.52 Å². The molecule has 1 amide bonds. The van der Waals surface area contributed by atoms with Crippen molar-refractivity contribution in [3.63, 3.8) is 0 Å². The Hall–Kier alpha value is -3.07. The highest BCUT2D eigenvalue weighted by Gasteiger charge is 2.17. The standard InChI is InChI=1S/C22H24N6O2S/c1-15-6-9-19(31-15)22-23-21(25-30-22)16-7-8-18-17(14-16)24-26-28(18)13-10-20(29)27-11-4-2-3-5-12-27/h6-9,14H,2-5,10-13H2,1H3. The summed E-state index contributed by atoms with van der Waals surface area (Å²) in [5, 5.41) is 12.7. The van der Waals surface area contributed by atoms with Gasteiger partial charge in [-0.05, 0) is 50.1 Å². The van der Waals surface area contributed by atoms with Crippen molar-refractivity contribution in [3.05, 3.63) is 35.2 Å². The number of amides is 1. The Labute approximate surface area is 183 Å². The van der Waals surface area contributed by atoms with Gasteiger partial charge in [0.15, 0.2) is 0 Å². The van der Waals surface area contributed by atoms with Crippen LogP contribution in [0.25, 0.3) is 33.2 Å². The minimum absolute atomic E-state index is 0.199. The largest absolute Gasteiger partial charge is 0.343 e. The van der Waals surface area contributed by atoms with Gasteiger partial charge in [-0.2, -0.15) is 4.98 Å². The molecule has 0 atom stereocenters. The molecule has 9 heteroatoms. The number of thiophene rings is 1. The van der Waals surface area contributed by atoms with E-state index in [0.717, 1.165) is 47.4 Å². The predicted octanol–water partition coefficient (Wildman–Crippen LogP) is 4.31. The van der Waals surface area contributed by atoms with Crippen molar-refractivity contribution >= 4 is 28.3 Å². The van der Waals surface area contributed by atoms with Crippen LogP contribution in [0.5, 0.6) is 0 Å². The Bertz CT molecular complexity index is 1200. The molecule has 1 aliphatic rings. The number of rotatable bonds is 5. The van der Waals surface area contributed by atoms with E-state index in [4.69, 9.17) is 4.52 Å². The third kappa shape index (κ3) is 4.23. The molecule has 0 spiro atoms. The lowest BCUT2D eigenvalue weighted by Crippen LogP contribution is -2.32. The fraction of sp³-hybridized carbons (Fsp3) is 0.409. The number of aryl methyl sites for hydroxylation is 2. The Morgan fingerprint density at radius 1 is 1.13 bits per heavy atom. The van der Waals surface area contributed by atoms with Crippen molar-refractivity contribution in [2.24, 2.45) is 0 Å². The van der Waals surface area contributed by atoms with Crippen molar-refractivity contribution < 1.29 is 9.32 Å². The van der Waals surface area contributed by atoms with E-state index >= 15 is 0 Å². The fourth-order valence-corrected chi connectivity index (χ4v) is 4.74. The van der Waals surface area contributed by atoms with Gasteiger partial charge in [-0.25, -0.2) is 4.68 Å². The Morgan fingerprint density at radius 2 is 1.97 bits per heavy atom. The SMILES string of the molecule is Cc1ccc(-c2nc(-c3ccc4c(c3)nnn4CCC(=O)N3CCCCCC3)no2)s1. The van der Waals surface area contributed by atoms with E-state index in [2.05, 4.69) is 20.5 Å². The Morgan fingerprint density at radius 3 is 2.74 bits per heavy atom. The van der Waals surface area contributed by atoms with E-state index in [-0.39, 0.29) is 5.91 Å². The number of carbonyl (C=O) groups excluding carboxylic acids is 1. The summed E-state index contributed by atoms with van der Waals surface area (Å²) in [5.74, 6) is 1.24. The highest BCUT2D eigenvalue weighted by molar-refractivity contribution is 7.15. The zero-order chi connectivity index (χ0) is 21.2. The lowest BCUT2D eigenvalue weighted by atomic mass is 10.2. The predicted molar refractivity (Wildman–Crippen MR) is 119 cm³/mol. The second-order valence-electron chi connectivity index (χ2n) is 7.89. The van der Waals surface area contributed by atoms with Crippen LogP contribution in [0.2, 0.25) is 0 Å². The first-order valence-corrected chi connectivity index (χ1v) is 11.5. The number of likely N-dealkylation sites (tertiary alicyclic amines) is 1. The van der Waals surface area contributed by atoms with Crippen molar-refractivity contribution in [3.8, 4) is 22.2 Å². The van der Waals surface area contributed by atoms with Crippen LogP contribution < -0.4 is 0 Å². The van der Waals surface area contributed by atoms with Crippen molar-refractivity contribution in [2.75, 3.05) is 13.1 Å². The number of hydrogen-bond acceptors (Lipinski definition) is 7. The van der Waals surface area contributed by atoms with Gasteiger partial charge in [0.2, 0.25) is 11.7 Å². The molecule has 4 heterocycles. The van der Waals surface area contributed by atoms with Gasteiger partial charge in [-0.15, -0.1) is 16.4 Å². The second-order valence-corrected chi connectivity index (χ2v) is 9.18. The van der Waals surface area contributed by atoms with Crippen LogP contribution in [0.15, 0.2) is 34.9 Å². The molecular formula is C22H24N6O2S. The maximum absolute atomic E-state index is 12.6. The molecule has 160 valence electrons. The first-order valence-electron chi connectivity index (χ1n) is 10.7. The van der Waals surface area contributed by atoms with Gasteiger partial charge in [-0.1, -0.05) is 23.2 Å². The van der Waals surface area contributed by atoms with Gasteiger partial charge >= 0.3 is 0 Å². The van der Waals surface area contributed by atoms with Crippen LogP contribution >= 0.6 is 11.3 Å². The summed E-state index contributed by atoms with van der Waals surface area (Å²) >= 11 is 1.62. The highest BCUT2D eigenvalue weighted by atomic mass is 32.1. The molecule has 3 aromatic heterocycles. The molecule has 0 saturated carbocycles. The van der Waals surface area contributed by atoms with E-state index in [9.17, 15) is 4.79 Å². The topological polar surface area (TPSA) is 89.9 Å². The summed E-state index contributed by atoms with van der Waals surface area (Å²) in [6, 6.07) is 9.81. The Balaban J connectivity index is 1.30. The number of fused-ring (bicyclic) bond motifs is 1. The van der Waals surface area contributed by atoms with Crippen LogP contribution in [0, 0.1) is 6.92 Å². The van der Waals surface area contributed by atoms with E-state index in [1.54, 1.807) is 16.0 Å². The zero-order valence-corrected chi connectivity index (χ0v) is 18.3. The maximum atomic E-state index is 12.6. The third-order valence-electron chi connectivity index (χ3n) is 5.65. The molecule has 0 N–H and O–H groups in total. The summed E-state index contributed by atoms with van der Waals surface area (Å²) in [7, 11) is 0. The third-order valence-corrected chi connectivity index (χ3v) is 6.63. The number of benzene rings is 1. The monoisotopic (exact) mass is 436 g/mol. The molecule has 1 saturated heterocycles. The lowest BCUT2D eigenvalue weighted by molar-refractivity contribution is -0.131. The van der Waals surface area contributed by atoms with Crippen molar-refractivity contribution in [1.82, 2.24) is 30.0 Å². The van der Waals surface area contributed by atoms with Gasteiger partial charge in [-0.3, -0.25) is 4.79 Å². The molecule has 5 rings (SSSR count). The molecule has 1 fully saturated rings. The van der Waals surface area contributed by atoms with E-state index in [1.807, 2.05) is 42.2 Å². The van der Waals surface area contributed by atoms with E-state index in [1.165, 1.54) is 17.7 Å². The van der Waals surface area contributed by atoms with Crippen molar-refractivity contribution in [1.29, 1.82) is 0 Å². The smallest absolute Gasteiger partial charge is 0.268 e. The first-order chi connectivity index (χ1) is 15.2. The van der Waals surface area contributed by atoms with Crippen LogP contribution in [0.4, 0.5) is 0 Å². The second kappa shape index (κ2) is 8.58. The molecule has 1 aromatic carbocycles. The molecule has 0 radical (unpaired) electrons. The minimum Gasteiger partial charge on any atom is -0.343 e. The molecule has 0 bridgehead atoms. The molecular weight excluding hydrogens is 412 g/mol. The van der Waals surface area contributed by atoms with Gasteiger partial charge in [0, 0.05) is 30.0 Å². The molecule has 31 heavy (non-hydrogen) atoms. The van der Waals surface area contributed by atoms with Crippen LogP contribution in [-0.4, -0.2) is 49.0 Å². The van der Waals surface area contributed by atoms with Gasteiger partial charge in [0.25, 0.3) is 5.89 Å². The fourth-order valence-electron chi connectivity index (χ4n) is 3.95. The zero-order valence-electron chi connectivity index (χ0n) is 17.5. The van der Waals surface area contributed by atoms with Crippen LogP contribution in [-0.2, 0) is 11.3 Å². The number of hydrogen-bond donors (Lipinski definition) is 0. The normalized spacial score (nSPS) is 14.8. The van der Waals surface area contributed by atoms with E-state index < -0.39 is 0 Å². The number of carbonyl (C=O) groups is 1. The molecule has 8 nitrogen and oxygen atoms in total. The molecule has 4 aromatic rings. The van der Waals surface area contributed by atoms with E-state index in [0.29, 0.717) is 24.7 Å². The Kier molecular flexibility index (Phi) is 5.50. The lowest BCUT2D eigenvalue weighted by Gasteiger charge is -2.20. The average Bonchev–Trinajstić information content (AvgIpc) is 3.47. The summed E-state index contributed by atoms with van der Waals surface area (Å²) < 4.78 is 7.23. The molecule has 0 unspecified atom stereocenters.